The van der Waals surface area contributed by atoms with Gasteiger partial charge in [-0.15, -0.1) is 0 Å². The maximum Gasteiger partial charge on any atom is 0.325 e. The third-order valence-corrected chi connectivity index (χ3v) is 6.21. The molecule has 0 heterocycles. The van der Waals surface area contributed by atoms with E-state index >= 15 is 0 Å². The molecule has 0 N–H and O–H groups in total. The van der Waals surface area contributed by atoms with Crippen molar-refractivity contribution in [3.05, 3.63) is 0 Å². The highest BCUT2D eigenvalue weighted by molar-refractivity contribution is 5.83. The summed E-state index contributed by atoms with van der Waals surface area (Å²) in [6.07, 6.45) is 22.5. The van der Waals surface area contributed by atoms with E-state index in [-0.39, 0.29) is 24.3 Å². The van der Waals surface area contributed by atoms with Crippen molar-refractivity contribution in [2.75, 3.05) is 20.2 Å². The molecule has 0 spiro atoms. The molecule has 1 saturated carbocycles. The lowest BCUT2D eigenvalue weighted by Gasteiger charge is -2.25. The van der Waals surface area contributed by atoms with Gasteiger partial charge in [-0.1, -0.05) is 103 Å². The number of amides is 1. The van der Waals surface area contributed by atoms with Gasteiger partial charge in [-0.2, -0.15) is 0 Å². The molecule has 29 heavy (non-hydrogen) atoms. The lowest BCUT2D eigenvalue weighted by atomic mass is 9.88. The van der Waals surface area contributed by atoms with E-state index in [0.29, 0.717) is 6.61 Å². The molecule has 170 valence electrons. The topological polar surface area (TPSA) is 46.6 Å². The largest absolute Gasteiger partial charge is 0.464 e. The van der Waals surface area contributed by atoms with E-state index in [4.69, 9.17) is 4.74 Å². The Bertz CT molecular complexity index is 418. The van der Waals surface area contributed by atoms with Crippen LogP contribution in [0.4, 0.5) is 0 Å². The van der Waals surface area contributed by atoms with Crippen LogP contribution in [0, 0.1) is 5.92 Å². The van der Waals surface area contributed by atoms with Gasteiger partial charge in [0.25, 0.3) is 0 Å². The summed E-state index contributed by atoms with van der Waals surface area (Å²) >= 11 is 0. The van der Waals surface area contributed by atoms with Crippen LogP contribution in [0.5, 0.6) is 0 Å². The van der Waals surface area contributed by atoms with E-state index in [1.165, 1.54) is 77.0 Å². The van der Waals surface area contributed by atoms with Crippen molar-refractivity contribution in [1.82, 2.24) is 4.90 Å². The molecular formula is C25H47NO3. The van der Waals surface area contributed by atoms with Crippen LogP contribution in [0.15, 0.2) is 0 Å². The maximum atomic E-state index is 12.4. The zero-order valence-corrected chi connectivity index (χ0v) is 19.4. The Morgan fingerprint density at radius 2 is 1.24 bits per heavy atom. The molecule has 1 aliphatic rings. The summed E-state index contributed by atoms with van der Waals surface area (Å²) in [6.45, 7) is 2.85. The fourth-order valence-corrected chi connectivity index (χ4v) is 4.28. The highest BCUT2D eigenvalue weighted by Gasteiger charge is 2.25. The van der Waals surface area contributed by atoms with E-state index in [2.05, 4.69) is 6.92 Å². The molecule has 4 heteroatoms. The average molecular weight is 410 g/mol. The summed E-state index contributed by atoms with van der Waals surface area (Å²) in [4.78, 5) is 25.9. The normalized spacial score (nSPS) is 14.7. The van der Waals surface area contributed by atoms with Crippen LogP contribution < -0.4 is 0 Å². The minimum Gasteiger partial charge on any atom is -0.464 e. The number of hydrogen-bond donors (Lipinski definition) is 0. The number of unbranched alkanes of at least 4 members (excludes halogenated alkanes) is 12. The van der Waals surface area contributed by atoms with Crippen LogP contribution in [0.25, 0.3) is 0 Å². The molecule has 4 nitrogen and oxygen atoms in total. The first-order valence-corrected chi connectivity index (χ1v) is 12.6. The predicted octanol–water partition coefficient (Wildman–Crippen LogP) is 6.66. The lowest BCUT2D eigenvalue weighted by Crippen LogP contribution is -2.38. The number of carbonyl (C=O) groups excluding carboxylic acids is 2. The predicted molar refractivity (Wildman–Crippen MR) is 121 cm³/mol. The van der Waals surface area contributed by atoms with E-state index in [1.54, 1.807) is 11.9 Å². The minimum atomic E-state index is -0.268. The van der Waals surface area contributed by atoms with Crippen molar-refractivity contribution in [3.8, 4) is 0 Å². The lowest BCUT2D eigenvalue weighted by molar-refractivity contribution is -0.150. The van der Waals surface area contributed by atoms with Gasteiger partial charge in [0.05, 0.1) is 6.61 Å². The summed E-state index contributed by atoms with van der Waals surface area (Å²) in [5.41, 5.74) is 0. The molecule has 1 aliphatic carbocycles. The summed E-state index contributed by atoms with van der Waals surface area (Å²) in [7, 11) is 1.73. The van der Waals surface area contributed by atoms with Gasteiger partial charge in [0.15, 0.2) is 0 Å². The molecule has 0 saturated heterocycles. The van der Waals surface area contributed by atoms with E-state index in [0.717, 1.165) is 38.5 Å². The second kappa shape index (κ2) is 17.8. The Balaban J connectivity index is 1.88. The quantitative estimate of drug-likeness (QED) is 0.199. The summed E-state index contributed by atoms with van der Waals surface area (Å²) in [6, 6.07) is 0. The molecule has 1 fully saturated rings. The Morgan fingerprint density at radius 3 is 1.76 bits per heavy atom. The summed E-state index contributed by atoms with van der Waals surface area (Å²) < 4.78 is 5.32. The van der Waals surface area contributed by atoms with Crippen LogP contribution in [-0.4, -0.2) is 37.0 Å². The minimum absolute atomic E-state index is 0.0910. The Hall–Kier alpha value is -1.06. The zero-order valence-electron chi connectivity index (χ0n) is 19.4. The number of carbonyl (C=O) groups is 2. The van der Waals surface area contributed by atoms with E-state index in [9.17, 15) is 9.59 Å². The number of rotatable bonds is 17. The van der Waals surface area contributed by atoms with Crippen LogP contribution >= 0.6 is 0 Å². The molecule has 0 radical (unpaired) electrons. The van der Waals surface area contributed by atoms with Gasteiger partial charge in [-0.3, -0.25) is 9.59 Å². The van der Waals surface area contributed by atoms with Crippen molar-refractivity contribution in [3.63, 3.8) is 0 Å². The highest BCUT2D eigenvalue weighted by Crippen LogP contribution is 2.25. The van der Waals surface area contributed by atoms with Crippen molar-refractivity contribution in [1.29, 1.82) is 0 Å². The molecular weight excluding hydrogens is 362 g/mol. The summed E-state index contributed by atoms with van der Waals surface area (Å²) in [5, 5.41) is 0. The Morgan fingerprint density at radius 1 is 0.759 bits per heavy atom. The molecule has 0 aromatic rings. The first-order chi connectivity index (χ1) is 14.1. The molecule has 0 atom stereocenters. The third-order valence-electron chi connectivity index (χ3n) is 6.21. The monoisotopic (exact) mass is 409 g/mol. The standard InChI is InChI=1S/C25H47NO3/c1-3-4-5-6-7-8-9-10-11-12-13-14-18-21-29-24(27)22-26(2)25(28)23-19-16-15-17-20-23/h23H,3-22H2,1-2H3. The van der Waals surface area contributed by atoms with Gasteiger partial charge in [-0.25, -0.2) is 0 Å². The van der Waals surface area contributed by atoms with E-state index < -0.39 is 0 Å². The maximum absolute atomic E-state index is 12.4. The second-order valence-electron chi connectivity index (χ2n) is 8.99. The van der Waals surface area contributed by atoms with Crippen LogP contribution in [0.2, 0.25) is 0 Å². The number of ether oxygens (including phenoxy) is 1. The zero-order chi connectivity index (χ0) is 21.2. The van der Waals surface area contributed by atoms with Gasteiger partial charge in [0, 0.05) is 13.0 Å². The molecule has 0 aromatic carbocycles. The fourth-order valence-electron chi connectivity index (χ4n) is 4.28. The third kappa shape index (κ3) is 13.7. The number of esters is 1. The number of likely N-dealkylation sites (N-methyl/N-ethyl adjacent to an activating group) is 1. The molecule has 0 unspecified atom stereocenters. The highest BCUT2D eigenvalue weighted by atomic mass is 16.5. The van der Waals surface area contributed by atoms with Crippen molar-refractivity contribution in [2.45, 2.75) is 122 Å². The van der Waals surface area contributed by atoms with Crippen LogP contribution in [-0.2, 0) is 14.3 Å². The smallest absolute Gasteiger partial charge is 0.325 e. The second-order valence-corrected chi connectivity index (χ2v) is 8.99. The van der Waals surface area contributed by atoms with Gasteiger partial charge < -0.3 is 9.64 Å². The summed E-state index contributed by atoms with van der Waals surface area (Å²) in [5.74, 6) is -0.0409. The number of hydrogen-bond acceptors (Lipinski definition) is 3. The molecule has 1 rings (SSSR count). The first kappa shape index (κ1) is 26.0. The van der Waals surface area contributed by atoms with Gasteiger partial charge in [0.2, 0.25) is 5.91 Å². The average Bonchev–Trinajstić information content (AvgIpc) is 2.74. The van der Waals surface area contributed by atoms with Gasteiger partial charge >= 0.3 is 5.97 Å². The Kier molecular flexibility index (Phi) is 15.9. The Labute approximate surface area is 180 Å². The molecule has 1 amide bonds. The first-order valence-electron chi connectivity index (χ1n) is 12.6. The van der Waals surface area contributed by atoms with Crippen LogP contribution in [0.1, 0.15) is 122 Å². The SMILES string of the molecule is CCCCCCCCCCCCCCCOC(=O)CN(C)C(=O)C1CCCCC1. The van der Waals surface area contributed by atoms with Crippen molar-refractivity contribution >= 4 is 11.9 Å². The fraction of sp³-hybridized carbons (Fsp3) is 0.920. The number of nitrogens with zero attached hydrogens (tertiary/aromatic N) is 1. The molecule has 0 aromatic heterocycles. The van der Waals surface area contributed by atoms with Gasteiger partial charge in [0.1, 0.15) is 6.54 Å². The molecule has 0 aliphatic heterocycles. The van der Waals surface area contributed by atoms with Crippen LogP contribution in [0.3, 0.4) is 0 Å². The van der Waals surface area contributed by atoms with Crippen molar-refractivity contribution < 1.29 is 14.3 Å². The van der Waals surface area contributed by atoms with E-state index in [1.807, 2.05) is 0 Å². The van der Waals surface area contributed by atoms with Gasteiger partial charge in [-0.05, 0) is 19.3 Å². The molecule has 0 bridgehead atoms. The van der Waals surface area contributed by atoms with Crippen molar-refractivity contribution in [2.24, 2.45) is 5.92 Å².